The monoisotopic (exact) mass is 608 g/mol. The summed E-state index contributed by atoms with van der Waals surface area (Å²) in [6, 6.07) is 12.5. The number of methoxy groups -OCH3 is 1. The van der Waals surface area contributed by atoms with Gasteiger partial charge in [0.15, 0.2) is 0 Å². The molecule has 1 saturated heterocycles. The molecule has 0 radical (unpaired) electrons. The Labute approximate surface area is 262 Å². The van der Waals surface area contributed by atoms with Crippen LogP contribution in [0.3, 0.4) is 0 Å². The van der Waals surface area contributed by atoms with Gasteiger partial charge in [-0.1, -0.05) is 26.0 Å². The number of aromatic nitrogens is 5. The Morgan fingerprint density at radius 3 is 2.56 bits per heavy atom. The van der Waals surface area contributed by atoms with Crippen molar-refractivity contribution in [3.8, 4) is 39.5 Å². The lowest BCUT2D eigenvalue weighted by atomic mass is 9.95. The zero-order chi connectivity index (χ0) is 31.5. The van der Waals surface area contributed by atoms with Gasteiger partial charge in [0.25, 0.3) is 0 Å². The summed E-state index contributed by atoms with van der Waals surface area (Å²) in [5.41, 5.74) is 7.49. The van der Waals surface area contributed by atoms with E-state index in [1.807, 2.05) is 39.2 Å². The number of nitrogens with zero attached hydrogens (tertiary/aromatic N) is 3. The largest absolute Gasteiger partial charge is 0.482 e. The van der Waals surface area contributed by atoms with Crippen LogP contribution in [-0.4, -0.2) is 61.8 Å². The van der Waals surface area contributed by atoms with E-state index in [0.29, 0.717) is 19.1 Å². The van der Waals surface area contributed by atoms with Crippen LogP contribution in [0.1, 0.15) is 82.7 Å². The van der Waals surface area contributed by atoms with Gasteiger partial charge >= 0.3 is 6.09 Å². The van der Waals surface area contributed by atoms with Gasteiger partial charge in [-0.2, -0.15) is 0 Å². The molecule has 0 aliphatic carbocycles. The lowest BCUT2D eigenvalue weighted by molar-refractivity contribution is 0.0218. The minimum atomic E-state index is -0.549. The first-order valence-electron chi connectivity index (χ1n) is 15.7. The van der Waals surface area contributed by atoms with Crippen molar-refractivity contribution in [2.24, 2.45) is 0 Å². The summed E-state index contributed by atoms with van der Waals surface area (Å²) in [6.07, 6.45) is 4.88. The van der Waals surface area contributed by atoms with Gasteiger partial charge in [-0.05, 0) is 57.9 Å². The number of amides is 1. The highest BCUT2D eigenvalue weighted by atomic mass is 16.6. The van der Waals surface area contributed by atoms with E-state index >= 15 is 0 Å². The first-order chi connectivity index (χ1) is 21.6. The molecule has 10 heteroatoms. The summed E-state index contributed by atoms with van der Waals surface area (Å²) >= 11 is 0. The normalized spacial score (nSPS) is 17.9. The number of aromatic amines is 3. The molecule has 2 aliphatic heterocycles. The van der Waals surface area contributed by atoms with E-state index in [1.165, 1.54) is 0 Å². The van der Waals surface area contributed by atoms with E-state index in [-0.39, 0.29) is 18.2 Å². The molecule has 10 nitrogen and oxygen atoms in total. The lowest BCUT2D eigenvalue weighted by Gasteiger charge is -2.27. The third-order valence-corrected chi connectivity index (χ3v) is 8.56. The van der Waals surface area contributed by atoms with Crippen molar-refractivity contribution in [2.45, 2.75) is 71.1 Å². The number of likely N-dealkylation sites (tertiary alicyclic amines) is 1. The van der Waals surface area contributed by atoms with Crippen LogP contribution in [0.5, 0.6) is 5.75 Å². The number of carbonyl (C=O) groups excluding carboxylic acids is 1. The molecule has 0 bridgehead atoms. The first-order valence-corrected chi connectivity index (χ1v) is 15.7. The minimum Gasteiger partial charge on any atom is -0.482 e. The summed E-state index contributed by atoms with van der Waals surface area (Å²) in [4.78, 5) is 34.5. The molecular weight excluding hydrogens is 568 g/mol. The molecule has 2 aromatic carbocycles. The predicted octanol–water partition coefficient (Wildman–Crippen LogP) is 7.89. The Morgan fingerprint density at radius 1 is 1.04 bits per heavy atom. The van der Waals surface area contributed by atoms with Gasteiger partial charge in [0, 0.05) is 52.7 Å². The van der Waals surface area contributed by atoms with Crippen molar-refractivity contribution in [1.29, 1.82) is 0 Å². The first kappa shape index (κ1) is 29.2. The Morgan fingerprint density at radius 2 is 1.80 bits per heavy atom. The maximum Gasteiger partial charge on any atom is 0.410 e. The van der Waals surface area contributed by atoms with E-state index in [9.17, 15) is 4.79 Å². The maximum atomic E-state index is 12.9. The topological polar surface area (TPSA) is 121 Å². The fourth-order valence-corrected chi connectivity index (χ4v) is 6.42. The predicted molar refractivity (Wildman–Crippen MR) is 173 cm³/mol. The van der Waals surface area contributed by atoms with Gasteiger partial charge in [0.1, 0.15) is 29.1 Å². The fraction of sp³-hybridized carbons (Fsp3) is 0.400. The standard InChI is InChI=1S/C35H40N6O4/c1-19(2)32-36-16-25(39-32)20-10-12-24-23(14-20)30-29(18-43-6)44-28-15-21(9-11-22(28)31(30)38-24)26-17-37-33(40-26)27-8-7-13-41(27)34(42)45-35(3,4)5/h9-12,14-17,19,27,29,38H,7-8,13,18H2,1-6H3,(H,36,39)(H,37,40). The number of hydrogen-bond acceptors (Lipinski definition) is 6. The van der Waals surface area contributed by atoms with Crippen molar-refractivity contribution in [3.63, 3.8) is 0 Å². The third kappa shape index (κ3) is 5.37. The van der Waals surface area contributed by atoms with E-state index in [0.717, 1.165) is 80.5 Å². The molecule has 1 fully saturated rings. The van der Waals surface area contributed by atoms with Crippen LogP contribution in [0.15, 0.2) is 48.8 Å². The molecule has 3 N–H and O–H groups in total. The fourth-order valence-electron chi connectivity index (χ4n) is 6.42. The van der Waals surface area contributed by atoms with Crippen LogP contribution in [0.4, 0.5) is 4.79 Å². The summed E-state index contributed by atoms with van der Waals surface area (Å²) in [5, 5.41) is 1.10. The number of fused-ring (bicyclic) bond motifs is 5. The summed E-state index contributed by atoms with van der Waals surface area (Å²) < 4.78 is 17.9. The van der Waals surface area contributed by atoms with Crippen LogP contribution in [0.25, 0.3) is 44.7 Å². The van der Waals surface area contributed by atoms with Crippen LogP contribution in [-0.2, 0) is 9.47 Å². The zero-order valence-electron chi connectivity index (χ0n) is 26.7. The zero-order valence-corrected chi connectivity index (χ0v) is 26.7. The highest BCUT2D eigenvalue weighted by molar-refractivity contribution is 5.96. The van der Waals surface area contributed by atoms with Crippen LogP contribution in [0.2, 0.25) is 0 Å². The number of H-pyrrole nitrogens is 3. The number of carbonyl (C=O) groups is 1. The molecular formula is C35H40N6O4. The second kappa shape index (κ2) is 11.1. The molecule has 1 amide bonds. The average Bonchev–Trinajstić information content (AvgIpc) is 3.81. The van der Waals surface area contributed by atoms with Gasteiger partial charge in [0.05, 0.1) is 42.1 Å². The number of nitrogens with one attached hydrogen (secondary N) is 3. The van der Waals surface area contributed by atoms with Crippen molar-refractivity contribution >= 4 is 17.0 Å². The molecule has 2 unspecified atom stereocenters. The Bertz CT molecular complexity index is 1880. The van der Waals surface area contributed by atoms with Crippen molar-refractivity contribution in [3.05, 3.63) is 66.0 Å². The molecule has 3 aromatic heterocycles. The highest BCUT2D eigenvalue weighted by Gasteiger charge is 2.35. The summed E-state index contributed by atoms with van der Waals surface area (Å²) in [5.74, 6) is 2.83. The lowest BCUT2D eigenvalue weighted by Crippen LogP contribution is -2.36. The van der Waals surface area contributed by atoms with Crippen LogP contribution in [0, 0.1) is 0 Å². The maximum absolute atomic E-state index is 12.9. The molecule has 5 aromatic rings. The van der Waals surface area contributed by atoms with E-state index in [1.54, 1.807) is 12.0 Å². The minimum absolute atomic E-state index is 0.147. The molecule has 2 aliphatic rings. The SMILES string of the molecule is COCC1Oc2cc(-c3cnc(C4CCCN4C(=O)OC(C)(C)C)[nH]3)ccc2-c2[nH]c3ccc(-c4cnc(C(C)C)[nH]4)cc3c21. The van der Waals surface area contributed by atoms with E-state index < -0.39 is 5.60 Å². The molecule has 45 heavy (non-hydrogen) atoms. The number of ether oxygens (including phenoxy) is 3. The second-order valence-corrected chi connectivity index (χ2v) is 13.3. The van der Waals surface area contributed by atoms with Gasteiger partial charge < -0.3 is 29.2 Å². The molecule has 2 atom stereocenters. The smallest absolute Gasteiger partial charge is 0.410 e. The number of hydrogen-bond donors (Lipinski definition) is 3. The van der Waals surface area contributed by atoms with Crippen molar-refractivity contribution in [1.82, 2.24) is 29.8 Å². The Balaban J connectivity index is 1.21. The van der Waals surface area contributed by atoms with E-state index in [2.05, 4.69) is 64.1 Å². The Hall–Kier alpha value is -4.57. The van der Waals surface area contributed by atoms with Crippen molar-refractivity contribution < 1.29 is 19.0 Å². The molecule has 0 spiro atoms. The second-order valence-electron chi connectivity index (χ2n) is 13.3. The van der Waals surface area contributed by atoms with Gasteiger partial charge in [0.2, 0.25) is 0 Å². The van der Waals surface area contributed by atoms with E-state index in [4.69, 9.17) is 19.2 Å². The molecule has 5 heterocycles. The van der Waals surface area contributed by atoms with Gasteiger partial charge in [-0.15, -0.1) is 0 Å². The summed E-state index contributed by atoms with van der Waals surface area (Å²) in [6.45, 7) is 11.0. The number of benzene rings is 2. The number of rotatable bonds is 6. The quantitative estimate of drug-likeness (QED) is 0.180. The molecule has 7 rings (SSSR count). The summed E-state index contributed by atoms with van der Waals surface area (Å²) in [7, 11) is 1.70. The average molecular weight is 609 g/mol. The molecule has 0 saturated carbocycles. The van der Waals surface area contributed by atoms with Crippen molar-refractivity contribution in [2.75, 3.05) is 20.3 Å². The Kier molecular flexibility index (Phi) is 7.19. The van der Waals surface area contributed by atoms with Crippen LogP contribution >= 0.6 is 0 Å². The van der Waals surface area contributed by atoms with Gasteiger partial charge in [-0.25, -0.2) is 14.8 Å². The van der Waals surface area contributed by atoms with Crippen LogP contribution < -0.4 is 4.74 Å². The van der Waals surface area contributed by atoms with Gasteiger partial charge in [-0.3, -0.25) is 4.90 Å². The third-order valence-electron chi connectivity index (χ3n) is 8.56. The highest BCUT2D eigenvalue weighted by Crippen LogP contribution is 2.47. The molecule has 234 valence electrons. The number of imidazole rings is 2.